The van der Waals surface area contributed by atoms with Gasteiger partial charge in [0.1, 0.15) is 0 Å². The number of carbonyl (C=O) groups is 4. The summed E-state index contributed by atoms with van der Waals surface area (Å²) in [4.78, 5) is 46.5. The predicted molar refractivity (Wildman–Crippen MR) is 119 cm³/mol. The zero-order chi connectivity index (χ0) is 23.1. The standard InChI is InChI=1S/C24H22Cl2O6/c25-21(27)17-5-9-19(10-6-17)23(29)31-13-15-1-2-16(4-3-15)14-32-24(30)20-11-7-18(8-12-20)22(26)28/h5-12,15-16H,1-4,13-14H2. The van der Waals surface area contributed by atoms with E-state index in [1.807, 2.05) is 0 Å². The number of esters is 2. The van der Waals surface area contributed by atoms with Gasteiger partial charge in [0.2, 0.25) is 0 Å². The van der Waals surface area contributed by atoms with Crippen molar-refractivity contribution in [3.8, 4) is 0 Å². The second-order valence-corrected chi connectivity index (χ2v) is 8.47. The van der Waals surface area contributed by atoms with Crippen LogP contribution in [0.1, 0.15) is 67.1 Å². The van der Waals surface area contributed by atoms with Crippen LogP contribution in [-0.2, 0) is 9.47 Å². The lowest BCUT2D eigenvalue weighted by molar-refractivity contribution is 0.0297. The van der Waals surface area contributed by atoms with E-state index in [4.69, 9.17) is 32.7 Å². The minimum Gasteiger partial charge on any atom is -0.462 e. The highest BCUT2D eigenvalue weighted by atomic mass is 35.5. The first-order chi connectivity index (χ1) is 15.3. The number of hydrogen-bond acceptors (Lipinski definition) is 6. The summed E-state index contributed by atoms with van der Waals surface area (Å²) in [7, 11) is 0. The van der Waals surface area contributed by atoms with E-state index in [0.717, 1.165) is 25.7 Å². The summed E-state index contributed by atoms with van der Waals surface area (Å²) in [5.41, 5.74) is 1.39. The second kappa shape index (κ2) is 11.2. The summed E-state index contributed by atoms with van der Waals surface area (Å²) < 4.78 is 10.8. The highest BCUT2D eigenvalue weighted by Crippen LogP contribution is 2.29. The highest BCUT2D eigenvalue weighted by Gasteiger charge is 2.24. The van der Waals surface area contributed by atoms with Gasteiger partial charge < -0.3 is 9.47 Å². The van der Waals surface area contributed by atoms with Crippen molar-refractivity contribution in [3.63, 3.8) is 0 Å². The zero-order valence-electron chi connectivity index (χ0n) is 17.2. The number of halogens is 2. The van der Waals surface area contributed by atoms with E-state index in [-0.39, 0.29) is 11.8 Å². The van der Waals surface area contributed by atoms with Gasteiger partial charge in [-0.15, -0.1) is 0 Å². The van der Waals surface area contributed by atoms with Gasteiger partial charge in [0.25, 0.3) is 10.5 Å². The Bertz CT molecular complexity index is 895. The van der Waals surface area contributed by atoms with Crippen molar-refractivity contribution in [2.45, 2.75) is 25.7 Å². The number of hydrogen-bond donors (Lipinski definition) is 0. The second-order valence-electron chi connectivity index (χ2n) is 7.79. The summed E-state index contributed by atoms with van der Waals surface area (Å²) in [5, 5.41) is -1.15. The van der Waals surface area contributed by atoms with Crippen molar-refractivity contribution >= 4 is 45.6 Å². The van der Waals surface area contributed by atoms with Crippen molar-refractivity contribution in [1.29, 1.82) is 0 Å². The molecule has 1 saturated carbocycles. The van der Waals surface area contributed by atoms with E-state index in [1.165, 1.54) is 48.5 Å². The molecule has 0 unspecified atom stereocenters. The molecule has 0 radical (unpaired) electrons. The van der Waals surface area contributed by atoms with Crippen molar-refractivity contribution in [1.82, 2.24) is 0 Å². The van der Waals surface area contributed by atoms with E-state index in [0.29, 0.717) is 35.5 Å². The molecular weight excluding hydrogens is 455 g/mol. The molecule has 32 heavy (non-hydrogen) atoms. The van der Waals surface area contributed by atoms with Gasteiger partial charge in [0.05, 0.1) is 24.3 Å². The number of benzene rings is 2. The fourth-order valence-corrected chi connectivity index (χ4v) is 3.85. The molecule has 168 valence electrons. The summed E-state index contributed by atoms with van der Waals surface area (Å²) in [6, 6.07) is 12.0. The molecule has 0 atom stereocenters. The predicted octanol–water partition coefficient (Wildman–Crippen LogP) is 5.26. The molecule has 2 aromatic carbocycles. The Morgan fingerprint density at radius 3 is 1.16 bits per heavy atom. The lowest BCUT2D eigenvalue weighted by Gasteiger charge is -2.27. The molecule has 0 bridgehead atoms. The Hall–Kier alpha value is -2.70. The average molecular weight is 477 g/mol. The molecule has 8 heteroatoms. The quantitative estimate of drug-likeness (QED) is 0.381. The molecule has 1 fully saturated rings. The number of rotatable bonds is 8. The van der Waals surface area contributed by atoms with Gasteiger partial charge in [0.15, 0.2) is 0 Å². The third-order valence-corrected chi connectivity index (χ3v) is 6.00. The molecule has 1 aliphatic rings. The maximum absolute atomic E-state index is 12.2. The molecule has 0 N–H and O–H groups in total. The van der Waals surface area contributed by atoms with Crippen LogP contribution in [0, 0.1) is 11.8 Å². The minimum absolute atomic E-state index is 0.259. The molecule has 1 aliphatic carbocycles. The Labute approximate surface area is 195 Å². The first kappa shape index (κ1) is 24.0. The van der Waals surface area contributed by atoms with Crippen LogP contribution in [0.4, 0.5) is 0 Å². The van der Waals surface area contributed by atoms with Gasteiger partial charge in [0, 0.05) is 11.1 Å². The Morgan fingerprint density at radius 2 is 0.875 bits per heavy atom. The summed E-state index contributed by atoms with van der Waals surface area (Å²) in [6.45, 7) is 0.653. The Balaban J connectivity index is 1.37. The highest BCUT2D eigenvalue weighted by molar-refractivity contribution is 6.68. The molecule has 0 spiro atoms. The van der Waals surface area contributed by atoms with Crippen molar-refractivity contribution in [2.75, 3.05) is 13.2 Å². The molecule has 2 aromatic rings. The smallest absolute Gasteiger partial charge is 0.338 e. The lowest BCUT2D eigenvalue weighted by atomic mass is 9.83. The number of ether oxygens (including phenoxy) is 2. The average Bonchev–Trinajstić information content (AvgIpc) is 2.81. The molecule has 0 heterocycles. The SMILES string of the molecule is O=C(Cl)c1ccc(C(=O)OCC2CCC(COC(=O)c3ccc(C(=O)Cl)cc3)CC2)cc1. The van der Waals surface area contributed by atoms with Crippen molar-refractivity contribution in [3.05, 3.63) is 70.8 Å². The zero-order valence-corrected chi connectivity index (χ0v) is 18.7. The summed E-state index contributed by atoms with van der Waals surface area (Å²) >= 11 is 10.8. The van der Waals surface area contributed by atoms with E-state index in [2.05, 4.69) is 0 Å². The van der Waals surface area contributed by atoms with Crippen LogP contribution in [0.3, 0.4) is 0 Å². The molecular formula is C24H22Cl2O6. The first-order valence-electron chi connectivity index (χ1n) is 10.3. The topological polar surface area (TPSA) is 86.7 Å². The fraction of sp³-hybridized carbons (Fsp3) is 0.333. The molecule has 6 nitrogen and oxygen atoms in total. The molecule has 0 amide bonds. The van der Waals surface area contributed by atoms with Crippen LogP contribution in [0.15, 0.2) is 48.5 Å². The molecule has 0 aliphatic heterocycles. The van der Waals surface area contributed by atoms with E-state index < -0.39 is 22.4 Å². The fourth-order valence-electron chi connectivity index (χ4n) is 3.59. The summed E-state index contributed by atoms with van der Waals surface area (Å²) in [5.74, 6) is -0.349. The van der Waals surface area contributed by atoms with Gasteiger partial charge in [-0.1, -0.05) is 0 Å². The van der Waals surface area contributed by atoms with E-state index in [9.17, 15) is 19.2 Å². The van der Waals surface area contributed by atoms with Gasteiger partial charge in [-0.05, 0) is 109 Å². The third kappa shape index (κ3) is 6.65. The largest absolute Gasteiger partial charge is 0.462 e. The van der Waals surface area contributed by atoms with Crippen LogP contribution in [0.2, 0.25) is 0 Å². The maximum Gasteiger partial charge on any atom is 0.338 e. The monoisotopic (exact) mass is 476 g/mol. The van der Waals surface area contributed by atoms with Crippen LogP contribution in [-0.4, -0.2) is 35.6 Å². The third-order valence-electron chi connectivity index (χ3n) is 5.56. The van der Waals surface area contributed by atoms with Crippen LogP contribution in [0.25, 0.3) is 0 Å². The number of carbonyl (C=O) groups excluding carboxylic acids is 4. The molecule has 0 saturated heterocycles. The van der Waals surface area contributed by atoms with E-state index >= 15 is 0 Å². The Kier molecular flexibility index (Phi) is 8.42. The van der Waals surface area contributed by atoms with Crippen LogP contribution >= 0.6 is 23.2 Å². The summed E-state index contributed by atoms with van der Waals surface area (Å²) in [6.07, 6.45) is 3.51. The lowest BCUT2D eigenvalue weighted by Crippen LogP contribution is -2.24. The molecule has 3 rings (SSSR count). The van der Waals surface area contributed by atoms with Crippen LogP contribution < -0.4 is 0 Å². The van der Waals surface area contributed by atoms with Gasteiger partial charge in [-0.25, -0.2) is 9.59 Å². The van der Waals surface area contributed by atoms with Crippen molar-refractivity contribution in [2.24, 2.45) is 11.8 Å². The van der Waals surface area contributed by atoms with Crippen molar-refractivity contribution < 1.29 is 28.7 Å². The van der Waals surface area contributed by atoms with Gasteiger partial charge >= 0.3 is 11.9 Å². The maximum atomic E-state index is 12.2. The molecule has 0 aromatic heterocycles. The van der Waals surface area contributed by atoms with Gasteiger partial charge in [-0.2, -0.15) is 0 Å². The first-order valence-corrected chi connectivity index (χ1v) is 11.0. The Morgan fingerprint density at radius 1 is 0.594 bits per heavy atom. The van der Waals surface area contributed by atoms with E-state index in [1.54, 1.807) is 0 Å². The normalized spacial score (nSPS) is 17.9. The van der Waals surface area contributed by atoms with Crippen LogP contribution in [0.5, 0.6) is 0 Å². The van der Waals surface area contributed by atoms with Gasteiger partial charge in [-0.3, -0.25) is 9.59 Å². The minimum atomic E-state index is -0.576.